The molecule has 0 rings (SSSR count). The number of hydrogen-bond acceptors (Lipinski definition) is 26. The molecular weight excluding hydrogens is 1200 g/mol. The van der Waals surface area contributed by atoms with Gasteiger partial charge in [-0.3, -0.25) is 73.6 Å². The number of nitrogens with zero attached hydrogens (tertiary/aromatic N) is 12. The molecule has 0 radical (unpaired) electrons. The van der Waals surface area contributed by atoms with Gasteiger partial charge in [0.2, 0.25) is 17.7 Å². The Bertz CT molecular complexity index is 1770. The van der Waals surface area contributed by atoms with Crippen LogP contribution in [0.2, 0.25) is 0 Å². The number of hydrogen-bond donors (Lipinski definition) is 8. The van der Waals surface area contributed by atoms with Crippen LogP contribution >= 0.6 is 0 Å². The third-order valence-electron chi connectivity index (χ3n) is 15.0. The zero-order chi connectivity index (χ0) is 70.0. The number of nitrogens with one attached hydrogen (secondary N) is 3. The second kappa shape index (κ2) is 64.8. The Morgan fingerprint density at radius 1 is 0.283 bits per heavy atom. The van der Waals surface area contributed by atoms with E-state index in [1.165, 1.54) is 16.8 Å². The summed E-state index contributed by atoms with van der Waals surface area (Å²) >= 11 is 0. The van der Waals surface area contributed by atoms with E-state index in [0.717, 1.165) is 124 Å². The molecule has 0 aromatic carbocycles. The second-order valence-electron chi connectivity index (χ2n) is 21.1. The zero-order valence-corrected chi connectivity index (χ0v) is 57.9. The summed E-state index contributed by atoms with van der Waals surface area (Å²) in [6.45, 7) is 42.1. The van der Waals surface area contributed by atoms with Crippen LogP contribution in [0.5, 0.6) is 0 Å². The van der Waals surface area contributed by atoms with E-state index in [9.17, 15) is 48.6 Å². The van der Waals surface area contributed by atoms with Gasteiger partial charge in [0, 0.05) is 152 Å². The van der Waals surface area contributed by atoms with Crippen molar-refractivity contribution in [2.24, 2.45) is 0 Å². The number of carbonyl (C=O) groups is 8. The largest absolute Gasteiger partial charge is 0.549 e. The van der Waals surface area contributed by atoms with Crippen molar-refractivity contribution in [3.05, 3.63) is 0 Å². The fourth-order valence-electron chi connectivity index (χ4n) is 8.93. The summed E-state index contributed by atoms with van der Waals surface area (Å²) in [5.74, 6) is -6.01. The Morgan fingerprint density at radius 3 is 0.641 bits per heavy atom. The van der Waals surface area contributed by atoms with E-state index in [2.05, 4.69) is 111 Å². The lowest BCUT2D eigenvalue weighted by atomic mass is 10.3. The van der Waals surface area contributed by atoms with Crippen LogP contribution in [0, 0.1) is 0 Å². The second-order valence-corrected chi connectivity index (χ2v) is 21.1. The molecule has 3 amide bonds. The molecule has 546 valence electrons. The van der Waals surface area contributed by atoms with E-state index < -0.39 is 56.0 Å². The third-order valence-corrected chi connectivity index (χ3v) is 15.0. The number of aliphatic carboxylic acids is 5. The molecule has 32 nitrogen and oxygen atoms in total. The van der Waals surface area contributed by atoms with Gasteiger partial charge in [-0.25, -0.2) is 9.78 Å². The summed E-state index contributed by atoms with van der Waals surface area (Å²) in [4.78, 5) is 121. The summed E-state index contributed by atoms with van der Waals surface area (Å²) in [6.07, 6.45) is 0. The molecule has 0 aliphatic heterocycles. The standard InChI is InChI=1S/C15H30N4O9.C15H30N4O5.C15H34N4O.C14H31N3O2.CH4/c1-16-13(20)10-18(3-2-17(6-8-27-25)7-9-28-26)4-5-19(11-14(21)22)12-15(23)24;1-4-17(5-2)6-7-18(10-13(20)16-3)8-9-19(11-14(21)22)12-15(23)24;1-6-17(7-2)10-12-19(14-15(20)16-5)13-11-18(8-3)9-4;1-5-15(6-2)9-11-17(13-14(18)19)12-10-16(7-3)8-4;/h25-26H,2-12H2,1H3,(H,16,20)(H,21,22)(H,23,24);4-12H2,1-3H3,(H,16,20)(H,21,22)(H,23,24);6-14H2,1-5H3,(H,16,20);5-13H2,1-4H3,(H,18,19);1H4/p-2. The van der Waals surface area contributed by atoms with Crippen molar-refractivity contribution in [3.8, 4) is 0 Å². The number of amides is 3. The number of carboxylic acid groups (broad SMARTS) is 5. The lowest BCUT2D eigenvalue weighted by molar-refractivity contribution is -0.310. The van der Waals surface area contributed by atoms with Crippen LogP contribution in [0.3, 0.4) is 0 Å². The molecule has 0 aromatic heterocycles. The fraction of sp³-hybridized carbons (Fsp3) is 0.867. The molecule has 0 unspecified atom stereocenters. The Kier molecular flexibility index (Phi) is 67.5. The van der Waals surface area contributed by atoms with Crippen molar-refractivity contribution in [1.82, 2.24) is 74.7 Å². The van der Waals surface area contributed by atoms with Crippen molar-refractivity contribution in [1.29, 1.82) is 0 Å². The van der Waals surface area contributed by atoms with Crippen LogP contribution < -0.4 is 26.2 Å². The monoisotopic (exact) mass is 1330 g/mol. The molecule has 0 aromatic rings. The van der Waals surface area contributed by atoms with E-state index in [1.54, 1.807) is 19.0 Å². The molecular formula is C60H127N15O17-2. The van der Waals surface area contributed by atoms with E-state index in [-0.39, 0.29) is 77.6 Å². The van der Waals surface area contributed by atoms with E-state index >= 15 is 0 Å². The van der Waals surface area contributed by atoms with E-state index in [4.69, 9.17) is 25.8 Å². The summed E-state index contributed by atoms with van der Waals surface area (Å²) < 4.78 is 0. The first-order chi connectivity index (χ1) is 43.3. The Labute approximate surface area is 551 Å². The van der Waals surface area contributed by atoms with Crippen LogP contribution in [-0.2, 0) is 48.1 Å². The highest BCUT2D eigenvalue weighted by Gasteiger charge is 2.20. The summed E-state index contributed by atoms with van der Waals surface area (Å²) in [5, 5.41) is 72.9. The number of carboxylic acids is 5. The lowest BCUT2D eigenvalue weighted by Gasteiger charge is -2.29. The van der Waals surface area contributed by atoms with Crippen LogP contribution in [0.4, 0.5) is 0 Å². The highest BCUT2D eigenvalue weighted by molar-refractivity contribution is 5.78. The van der Waals surface area contributed by atoms with Crippen LogP contribution in [-0.4, -0.2) is 402 Å². The Balaban J connectivity index is -0.000000368. The molecule has 0 spiro atoms. The van der Waals surface area contributed by atoms with Gasteiger partial charge in [0.05, 0.1) is 64.4 Å². The van der Waals surface area contributed by atoms with Crippen LogP contribution in [0.25, 0.3) is 0 Å². The normalized spacial score (nSPS) is 11.3. The maximum atomic E-state index is 11.7. The van der Waals surface area contributed by atoms with Gasteiger partial charge in [-0.1, -0.05) is 76.7 Å². The number of carbonyl (C=O) groups excluding carboxylic acids is 5. The fourth-order valence-corrected chi connectivity index (χ4v) is 8.93. The minimum atomic E-state index is -1.35. The van der Waals surface area contributed by atoms with Gasteiger partial charge < -0.3 is 75.6 Å². The van der Waals surface area contributed by atoms with E-state index in [1.807, 2.05) is 28.5 Å². The maximum Gasteiger partial charge on any atom is 0.317 e. The van der Waals surface area contributed by atoms with Crippen molar-refractivity contribution in [2.45, 2.75) is 76.7 Å². The van der Waals surface area contributed by atoms with Gasteiger partial charge in [0.15, 0.2) is 0 Å². The summed E-state index contributed by atoms with van der Waals surface area (Å²) in [6, 6.07) is 0. The first kappa shape index (κ1) is 95.8. The van der Waals surface area contributed by atoms with Gasteiger partial charge in [-0.2, -0.15) is 0 Å². The molecule has 0 heterocycles. The molecule has 32 heteroatoms. The maximum absolute atomic E-state index is 11.7. The molecule has 0 bridgehead atoms. The van der Waals surface area contributed by atoms with Crippen molar-refractivity contribution in [3.63, 3.8) is 0 Å². The first-order valence-corrected chi connectivity index (χ1v) is 32.2. The SMILES string of the molecule is C.CCN(CC)CCN(CCN(CC(=O)[O-])CC(=O)[O-])CC(=O)NC.CCN(CC)CCN(CCN(CC)CC)CC(=O)NC.CCN(CC)CCN(CCN(CC)CC)CC(=O)O.CNC(=O)CN(CCN(CCOO)CCOO)CCN(CC(=O)O)CC(=O)O. The van der Waals surface area contributed by atoms with Gasteiger partial charge in [-0.15, -0.1) is 0 Å². The quantitative estimate of drug-likeness (QED) is 0.0215. The molecule has 8 N–H and O–H groups in total. The predicted octanol–water partition coefficient (Wildman–Crippen LogP) is -3.62. The topological polar surface area (TPSA) is 377 Å². The van der Waals surface area contributed by atoms with E-state index in [0.29, 0.717) is 45.8 Å². The predicted molar refractivity (Wildman–Crippen MR) is 353 cm³/mol. The summed E-state index contributed by atoms with van der Waals surface area (Å²) in [5.41, 5.74) is 0. The lowest BCUT2D eigenvalue weighted by Crippen LogP contribution is -2.48. The molecule has 0 saturated carbocycles. The third kappa shape index (κ3) is 58.9. The molecule has 0 aliphatic carbocycles. The highest BCUT2D eigenvalue weighted by atomic mass is 17.1. The van der Waals surface area contributed by atoms with Crippen LogP contribution in [0.1, 0.15) is 76.7 Å². The van der Waals surface area contributed by atoms with Crippen molar-refractivity contribution in [2.75, 3.05) is 270 Å². The number of likely N-dealkylation sites (N-methyl/N-ethyl adjacent to an activating group) is 8. The Hall–Kier alpha value is -4.88. The van der Waals surface area contributed by atoms with Crippen molar-refractivity contribution >= 4 is 47.6 Å². The summed E-state index contributed by atoms with van der Waals surface area (Å²) in [7, 11) is 4.74. The van der Waals surface area contributed by atoms with Gasteiger partial charge in [0.25, 0.3) is 0 Å². The average molecular weight is 1330 g/mol. The first-order valence-electron chi connectivity index (χ1n) is 32.2. The Morgan fingerprint density at radius 2 is 0.457 bits per heavy atom. The number of rotatable bonds is 56. The van der Waals surface area contributed by atoms with Gasteiger partial charge in [0.1, 0.15) is 0 Å². The average Bonchev–Trinajstić information content (AvgIpc) is 3.64. The molecule has 0 saturated heterocycles. The molecule has 0 atom stereocenters. The van der Waals surface area contributed by atoms with Gasteiger partial charge >= 0.3 is 17.9 Å². The molecule has 92 heavy (non-hydrogen) atoms. The smallest absolute Gasteiger partial charge is 0.317 e. The zero-order valence-electron chi connectivity index (χ0n) is 57.9. The van der Waals surface area contributed by atoms with Gasteiger partial charge in [-0.05, 0) is 65.4 Å². The minimum absolute atomic E-state index is 0. The van der Waals surface area contributed by atoms with Crippen LogP contribution in [0.15, 0.2) is 0 Å². The molecule has 0 aliphatic rings. The highest BCUT2D eigenvalue weighted by Crippen LogP contribution is 2.01. The molecule has 0 fully saturated rings. The minimum Gasteiger partial charge on any atom is -0.549 e. The van der Waals surface area contributed by atoms with Crippen molar-refractivity contribution < 1.29 is 84.2 Å².